The van der Waals surface area contributed by atoms with Crippen LogP contribution in [0.25, 0.3) is 26.7 Å². The van der Waals surface area contributed by atoms with Gasteiger partial charge in [-0.15, -0.1) is 11.3 Å². The highest BCUT2D eigenvalue weighted by Crippen LogP contribution is 2.32. The predicted octanol–water partition coefficient (Wildman–Crippen LogP) is 5.46. The molecule has 3 heterocycles. The van der Waals surface area contributed by atoms with Gasteiger partial charge in [0.1, 0.15) is 12.4 Å². The van der Waals surface area contributed by atoms with Crippen LogP contribution in [0, 0.1) is 0 Å². The third-order valence-corrected chi connectivity index (χ3v) is 6.13. The molecule has 0 aliphatic heterocycles. The molecule has 31 heavy (non-hydrogen) atoms. The monoisotopic (exact) mass is 427 g/mol. The fourth-order valence-corrected chi connectivity index (χ4v) is 4.66. The normalized spacial score (nSPS) is 11.1. The number of para-hydroxylation sites is 1. The van der Waals surface area contributed by atoms with Crippen LogP contribution >= 0.6 is 11.3 Å². The summed E-state index contributed by atoms with van der Waals surface area (Å²) in [6, 6.07) is 22.1. The van der Waals surface area contributed by atoms with E-state index in [9.17, 15) is 14.7 Å². The van der Waals surface area contributed by atoms with Gasteiger partial charge in [-0.1, -0.05) is 48.5 Å². The first-order chi connectivity index (χ1) is 15.1. The molecule has 0 saturated heterocycles. The molecule has 0 atom stereocenters. The number of carboxylic acid groups (broad SMARTS) is 1. The number of fused-ring (bicyclic) bond motifs is 3. The fraction of sp³-hybridized carbons (Fsp3) is 0.0400. The van der Waals surface area contributed by atoms with Crippen molar-refractivity contribution in [2.24, 2.45) is 0 Å². The SMILES string of the molecule is O=C(O)c1cc(-c2ccccc2OCc2ccccc2)c(=O)n2ccc3ccsc3c12. The number of hydrogen-bond acceptors (Lipinski definition) is 4. The molecule has 5 rings (SSSR count). The molecule has 0 unspecified atom stereocenters. The van der Waals surface area contributed by atoms with Crippen molar-refractivity contribution in [2.45, 2.75) is 6.61 Å². The second-order valence-corrected chi connectivity index (χ2v) is 8.01. The first kappa shape index (κ1) is 19.1. The number of pyridine rings is 2. The first-order valence-electron chi connectivity index (χ1n) is 9.68. The summed E-state index contributed by atoms with van der Waals surface area (Å²) >= 11 is 1.42. The Morgan fingerprint density at radius 3 is 2.55 bits per heavy atom. The van der Waals surface area contributed by atoms with Gasteiger partial charge in [0.2, 0.25) is 0 Å². The van der Waals surface area contributed by atoms with Gasteiger partial charge in [0.25, 0.3) is 5.56 Å². The predicted molar refractivity (Wildman–Crippen MR) is 122 cm³/mol. The van der Waals surface area contributed by atoms with E-state index >= 15 is 0 Å². The van der Waals surface area contributed by atoms with Gasteiger partial charge in [-0.2, -0.15) is 0 Å². The largest absolute Gasteiger partial charge is 0.488 e. The molecular weight excluding hydrogens is 410 g/mol. The Morgan fingerprint density at radius 1 is 0.968 bits per heavy atom. The first-order valence-corrected chi connectivity index (χ1v) is 10.6. The molecule has 0 aliphatic rings. The third kappa shape index (κ3) is 3.37. The minimum absolute atomic E-state index is 0.0838. The van der Waals surface area contributed by atoms with Gasteiger partial charge in [-0.25, -0.2) is 4.79 Å². The fourth-order valence-electron chi connectivity index (χ4n) is 3.71. The Morgan fingerprint density at radius 2 is 1.74 bits per heavy atom. The molecule has 0 fully saturated rings. The van der Waals surface area contributed by atoms with Crippen LogP contribution in [0.15, 0.2) is 89.2 Å². The van der Waals surface area contributed by atoms with Crippen molar-refractivity contribution in [3.05, 3.63) is 106 Å². The molecule has 152 valence electrons. The lowest BCUT2D eigenvalue weighted by molar-refractivity contribution is 0.0698. The molecule has 3 aromatic heterocycles. The van der Waals surface area contributed by atoms with E-state index in [2.05, 4.69) is 0 Å². The third-order valence-electron chi connectivity index (χ3n) is 5.19. The summed E-state index contributed by atoms with van der Waals surface area (Å²) in [6.45, 7) is 0.342. The minimum Gasteiger partial charge on any atom is -0.488 e. The zero-order valence-corrected chi connectivity index (χ0v) is 17.1. The topological polar surface area (TPSA) is 68.0 Å². The van der Waals surface area contributed by atoms with E-state index in [1.807, 2.05) is 60.0 Å². The number of nitrogens with zero attached hydrogens (tertiary/aromatic N) is 1. The molecule has 5 nitrogen and oxygen atoms in total. The standard InChI is InChI=1S/C25H17NO4S/c27-24-19(18-8-4-5-9-21(18)30-15-16-6-2-1-3-7-16)14-20(25(28)29)22-23-17(11-13-31-23)10-12-26(22)24/h1-14H,15H2,(H,28,29). The van der Waals surface area contributed by atoms with Gasteiger partial charge in [0.05, 0.1) is 21.3 Å². The van der Waals surface area contributed by atoms with E-state index in [0.29, 0.717) is 23.4 Å². The van der Waals surface area contributed by atoms with E-state index in [0.717, 1.165) is 15.6 Å². The molecule has 1 N–H and O–H groups in total. The van der Waals surface area contributed by atoms with E-state index in [-0.39, 0.29) is 16.7 Å². The summed E-state index contributed by atoms with van der Waals surface area (Å²) in [7, 11) is 0. The smallest absolute Gasteiger partial charge is 0.337 e. The van der Waals surface area contributed by atoms with E-state index < -0.39 is 5.97 Å². The number of aromatic carboxylic acids is 1. The van der Waals surface area contributed by atoms with Crippen LogP contribution in [0.1, 0.15) is 15.9 Å². The number of aromatic nitrogens is 1. The maximum atomic E-state index is 13.4. The van der Waals surface area contributed by atoms with Crippen LogP contribution in [0.3, 0.4) is 0 Å². The molecule has 5 aromatic rings. The van der Waals surface area contributed by atoms with Crippen LogP contribution < -0.4 is 10.3 Å². The Bertz CT molecular complexity index is 1480. The van der Waals surface area contributed by atoms with Crippen molar-refractivity contribution in [3.8, 4) is 16.9 Å². The van der Waals surface area contributed by atoms with Crippen molar-refractivity contribution in [1.29, 1.82) is 0 Å². The molecule has 0 bridgehead atoms. The molecule has 0 amide bonds. The Labute approximate surface area is 181 Å². The number of rotatable bonds is 5. The molecule has 6 heteroatoms. The van der Waals surface area contributed by atoms with E-state index in [1.54, 1.807) is 18.3 Å². The van der Waals surface area contributed by atoms with Gasteiger partial charge in [0.15, 0.2) is 0 Å². The molecule has 0 saturated carbocycles. The summed E-state index contributed by atoms with van der Waals surface area (Å²) in [5.74, 6) is -0.556. The van der Waals surface area contributed by atoms with Crippen molar-refractivity contribution in [3.63, 3.8) is 0 Å². The van der Waals surface area contributed by atoms with Crippen molar-refractivity contribution in [1.82, 2.24) is 4.40 Å². The lowest BCUT2D eigenvalue weighted by Gasteiger charge is -2.14. The van der Waals surface area contributed by atoms with Gasteiger partial charge in [-0.05, 0) is 40.6 Å². The van der Waals surface area contributed by atoms with Gasteiger partial charge < -0.3 is 9.84 Å². The number of thiophene rings is 1. The zero-order valence-electron chi connectivity index (χ0n) is 16.3. The van der Waals surface area contributed by atoms with Gasteiger partial charge >= 0.3 is 5.97 Å². The Kier molecular flexibility index (Phi) is 4.76. The number of hydrogen-bond donors (Lipinski definition) is 1. The average molecular weight is 427 g/mol. The molecule has 0 aliphatic carbocycles. The number of benzene rings is 2. The van der Waals surface area contributed by atoms with Crippen molar-refractivity contribution < 1.29 is 14.6 Å². The van der Waals surface area contributed by atoms with E-state index in [1.165, 1.54) is 21.8 Å². The Hall–Kier alpha value is -3.90. The second kappa shape index (κ2) is 7.74. The van der Waals surface area contributed by atoms with Crippen LogP contribution in [0.4, 0.5) is 0 Å². The number of ether oxygens (including phenoxy) is 1. The summed E-state index contributed by atoms with van der Waals surface area (Å²) in [5.41, 5.74) is 2.06. The van der Waals surface area contributed by atoms with Gasteiger partial charge in [-0.3, -0.25) is 9.20 Å². The van der Waals surface area contributed by atoms with E-state index in [4.69, 9.17) is 4.74 Å². The van der Waals surface area contributed by atoms with Crippen LogP contribution in [0.5, 0.6) is 5.75 Å². The molecule has 0 radical (unpaired) electrons. The highest BCUT2D eigenvalue weighted by atomic mass is 32.1. The summed E-state index contributed by atoms with van der Waals surface area (Å²) in [4.78, 5) is 25.5. The highest BCUT2D eigenvalue weighted by Gasteiger charge is 2.20. The second-order valence-electron chi connectivity index (χ2n) is 7.09. The number of carbonyl (C=O) groups is 1. The van der Waals surface area contributed by atoms with Crippen LogP contribution in [0.2, 0.25) is 0 Å². The van der Waals surface area contributed by atoms with Gasteiger partial charge in [0, 0.05) is 11.8 Å². The maximum absolute atomic E-state index is 13.4. The maximum Gasteiger partial charge on any atom is 0.337 e. The zero-order chi connectivity index (χ0) is 21.4. The Balaban J connectivity index is 1.69. The quantitative estimate of drug-likeness (QED) is 0.405. The summed E-state index contributed by atoms with van der Waals surface area (Å²) < 4.78 is 8.21. The average Bonchev–Trinajstić information content (AvgIpc) is 3.28. The summed E-state index contributed by atoms with van der Waals surface area (Å²) in [6.07, 6.45) is 1.64. The molecule has 0 spiro atoms. The number of carboxylic acids is 1. The lowest BCUT2D eigenvalue weighted by atomic mass is 10.0. The summed E-state index contributed by atoms with van der Waals surface area (Å²) in [5, 5.41) is 12.7. The lowest BCUT2D eigenvalue weighted by Crippen LogP contribution is -2.19. The van der Waals surface area contributed by atoms with Crippen molar-refractivity contribution in [2.75, 3.05) is 0 Å². The van der Waals surface area contributed by atoms with Crippen LogP contribution in [-0.2, 0) is 6.61 Å². The van der Waals surface area contributed by atoms with Crippen molar-refractivity contribution >= 4 is 32.9 Å². The van der Waals surface area contributed by atoms with Crippen LogP contribution in [-0.4, -0.2) is 15.5 Å². The minimum atomic E-state index is -1.08. The molecule has 2 aromatic carbocycles. The highest BCUT2D eigenvalue weighted by molar-refractivity contribution is 7.18. The molecular formula is C25H17NO4S.